The maximum Gasteiger partial charge on any atom is 0.271 e. The number of phenolic OH excluding ortho intramolecular Hbond substituents is 1. The monoisotopic (exact) mass is 318 g/mol. The second kappa shape index (κ2) is 7.56. The maximum absolute atomic E-state index is 11.8. The van der Waals surface area contributed by atoms with Crippen molar-refractivity contribution in [2.75, 3.05) is 18.0 Å². The minimum absolute atomic E-state index is 0.0444. The van der Waals surface area contributed by atoms with Crippen LogP contribution in [0.5, 0.6) is 5.75 Å². The summed E-state index contributed by atoms with van der Waals surface area (Å²) in [7, 11) is 0. The smallest absolute Gasteiger partial charge is 0.271 e. The number of hydrogen-bond acceptors (Lipinski definition) is 6. The highest BCUT2D eigenvalue weighted by atomic mass is 32.1. The van der Waals surface area contributed by atoms with Gasteiger partial charge in [-0.3, -0.25) is 4.79 Å². The molecule has 0 atom stereocenters. The minimum atomic E-state index is -0.374. The summed E-state index contributed by atoms with van der Waals surface area (Å²) in [4.78, 5) is 19.2. The van der Waals surface area contributed by atoms with Gasteiger partial charge in [-0.2, -0.15) is 5.10 Å². The third kappa shape index (κ3) is 4.05. The van der Waals surface area contributed by atoms with Crippen LogP contribution in [0.2, 0.25) is 0 Å². The van der Waals surface area contributed by atoms with Crippen LogP contribution in [0.3, 0.4) is 0 Å². The molecule has 0 aliphatic carbocycles. The molecule has 2 N–H and O–H groups in total. The molecular formula is C15H18N4O2S. The van der Waals surface area contributed by atoms with E-state index in [2.05, 4.69) is 34.3 Å². The van der Waals surface area contributed by atoms with Crippen molar-refractivity contribution < 1.29 is 9.90 Å². The number of rotatable bonds is 6. The van der Waals surface area contributed by atoms with E-state index in [-0.39, 0.29) is 11.7 Å². The molecule has 1 aromatic heterocycles. The Hall–Kier alpha value is -2.41. The molecule has 0 spiro atoms. The number of anilines is 1. The van der Waals surface area contributed by atoms with Crippen LogP contribution in [0, 0.1) is 0 Å². The first-order valence-electron chi connectivity index (χ1n) is 6.97. The van der Waals surface area contributed by atoms with Crippen LogP contribution < -0.4 is 10.3 Å². The molecule has 0 bridgehead atoms. The zero-order valence-corrected chi connectivity index (χ0v) is 13.3. The summed E-state index contributed by atoms with van der Waals surface area (Å²) in [5, 5.41) is 14.2. The van der Waals surface area contributed by atoms with Crippen molar-refractivity contribution in [3.63, 3.8) is 0 Å². The van der Waals surface area contributed by atoms with E-state index in [1.807, 2.05) is 0 Å². The molecule has 2 rings (SSSR count). The number of carbonyl (C=O) groups is 1. The summed E-state index contributed by atoms with van der Waals surface area (Å²) in [6.07, 6.45) is 3.29. The highest BCUT2D eigenvalue weighted by Gasteiger charge is 2.07. The van der Waals surface area contributed by atoms with Gasteiger partial charge in [0.1, 0.15) is 5.75 Å². The maximum atomic E-state index is 11.8. The van der Waals surface area contributed by atoms with E-state index >= 15 is 0 Å². The predicted molar refractivity (Wildman–Crippen MR) is 88.8 cm³/mol. The van der Waals surface area contributed by atoms with Crippen LogP contribution in [0.25, 0.3) is 0 Å². The molecule has 116 valence electrons. The SMILES string of the molecule is CCN(CC)c1ncc(/C=N\NC(=O)c2cccc(O)c2)s1. The normalized spacial score (nSPS) is 10.8. The zero-order chi connectivity index (χ0) is 15.9. The summed E-state index contributed by atoms with van der Waals surface area (Å²) in [6.45, 7) is 5.95. The van der Waals surface area contributed by atoms with E-state index in [0.29, 0.717) is 5.56 Å². The van der Waals surface area contributed by atoms with E-state index in [4.69, 9.17) is 0 Å². The van der Waals surface area contributed by atoms with Crippen LogP contribution in [0.1, 0.15) is 29.1 Å². The van der Waals surface area contributed by atoms with E-state index in [0.717, 1.165) is 23.1 Å². The first-order valence-corrected chi connectivity index (χ1v) is 7.79. The number of thiazole rings is 1. The van der Waals surface area contributed by atoms with Crippen molar-refractivity contribution in [2.45, 2.75) is 13.8 Å². The number of hydrazone groups is 1. The minimum Gasteiger partial charge on any atom is -0.508 e. The Labute approximate surface area is 133 Å². The predicted octanol–water partition coefficient (Wildman–Crippen LogP) is 2.46. The van der Waals surface area contributed by atoms with Crippen LogP contribution in [-0.2, 0) is 0 Å². The van der Waals surface area contributed by atoms with Crippen LogP contribution in [0.15, 0.2) is 35.6 Å². The first-order chi connectivity index (χ1) is 10.6. The zero-order valence-electron chi connectivity index (χ0n) is 12.5. The van der Waals surface area contributed by atoms with Gasteiger partial charge >= 0.3 is 0 Å². The molecule has 7 heteroatoms. The van der Waals surface area contributed by atoms with Gasteiger partial charge in [-0.1, -0.05) is 17.4 Å². The fourth-order valence-electron chi connectivity index (χ4n) is 1.84. The Morgan fingerprint density at radius 3 is 2.91 bits per heavy atom. The molecule has 0 aliphatic rings. The van der Waals surface area contributed by atoms with Crippen molar-refractivity contribution >= 4 is 28.6 Å². The fraction of sp³-hybridized carbons (Fsp3) is 0.267. The largest absolute Gasteiger partial charge is 0.508 e. The Morgan fingerprint density at radius 2 is 2.23 bits per heavy atom. The standard InChI is InChI=1S/C15H18N4O2S/c1-3-19(4-2)15-16-9-13(22-15)10-17-18-14(21)11-6-5-7-12(20)8-11/h5-10,20H,3-4H2,1-2H3,(H,18,21)/b17-10-. The lowest BCUT2D eigenvalue weighted by Gasteiger charge is -2.16. The number of aromatic nitrogens is 1. The number of nitrogens with zero attached hydrogens (tertiary/aromatic N) is 3. The van der Waals surface area contributed by atoms with Crippen LogP contribution in [0.4, 0.5) is 5.13 Å². The molecule has 1 amide bonds. The third-order valence-electron chi connectivity index (χ3n) is 3.01. The van der Waals surface area contributed by atoms with Gasteiger partial charge in [0.2, 0.25) is 0 Å². The second-order valence-corrected chi connectivity index (χ2v) is 5.51. The summed E-state index contributed by atoms with van der Waals surface area (Å²) in [5.74, 6) is -0.330. The van der Waals surface area contributed by atoms with Gasteiger partial charge in [-0.05, 0) is 32.0 Å². The van der Waals surface area contributed by atoms with E-state index < -0.39 is 0 Å². The molecule has 0 aliphatic heterocycles. The third-order valence-corrected chi connectivity index (χ3v) is 4.00. The van der Waals surface area contributed by atoms with Crippen molar-refractivity contribution in [2.24, 2.45) is 5.10 Å². The molecule has 0 saturated carbocycles. The van der Waals surface area contributed by atoms with Gasteiger partial charge in [0.05, 0.1) is 11.1 Å². The molecule has 6 nitrogen and oxygen atoms in total. The molecule has 22 heavy (non-hydrogen) atoms. The summed E-state index contributed by atoms with van der Waals surface area (Å²) >= 11 is 1.51. The number of amides is 1. The lowest BCUT2D eigenvalue weighted by Crippen LogP contribution is -2.21. The van der Waals surface area contributed by atoms with Crippen LogP contribution >= 0.6 is 11.3 Å². The summed E-state index contributed by atoms with van der Waals surface area (Å²) in [6, 6.07) is 6.10. The summed E-state index contributed by atoms with van der Waals surface area (Å²) in [5.41, 5.74) is 2.78. The van der Waals surface area contributed by atoms with Gasteiger partial charge < -0.3 is 10.0 Å². The Kier molecular flexibility index (Phi) is 5.48. The highest BCUT2D eigenvalue weighted by molar-refractivity contribution is 7.17. The molecule has 2 aromatic rings. The van der Waals surface area contributed by atoms with Crippen LogP contribution in [-0.4, -0.2) is 35.3 Å². The summed E-state index contributed by atoms with van der Waals surface area (Å²) < 4.78 is 0. The molecule has 1 aromatic carbocycles. The molecular weight excluding hydrogens is 300 g/mol. The second-order valence-electron chi connectivity index (χ2n) is 4.47. The molecule has 0 saturated heterocycles. The van der Waals surface area contributed by atoms with E-state index in [1.54, 1.807) is 24.5 Å². The highest BCUT2D eigenvalue weighted by Crippen LogP contribution is 2.20. The number of aromatic hydroxyl groups is 1. The topological polar surface area (TPSA) is 77.8 Å². The Morgan fingerprint density at radius 1 is 1.45 bits per heavy atom. The molecule has 1 heterocycles. The lowest BCUT2D eigenvalue weighted by atomic mass is 10.2. The van der Waals surface area contributed by atoms with Gasteiger partial charge in [0.25, 0.3) is 5.91 Å². The number of hydrogen-bond donors (Lipinski definition) is 2. The average molecular weight is 318 g/mol. The average Bonchev–Trinajstić information content (AvgIpc) is 2.97. The quantitative estimate of drug-likeness (QED) is 0.633. The fourth-order valence-corrected chi connectivity index (χ4v) is 2.76. The molecule has 0 fully saturated rings. The number of phenols is 1. The van der Waals surface area contributed by atoms with Crippen molar-refractivity contribution in [1.82, 2.24) is 10.4 Å². The van der Waals surface area contributed by atoms with E-state index in [9.17, 15) is 9.90 Å². The van der Waals surface area contributed by atoms with Crippen molar-refractivity contribution in [3.8, 4) is 5.75 Å². The van der Waals surface area contributed by atoms with Gasteiger partial charge in [0.15, 0.2) is 5.13 Å². The Balaban J connectivity index is 1.96. The lowest BCUT2D eigenvalue weighted by molar-refractivity contribution is 0.0954. The van der Waals surface area contributed by atoms with Crippen molar-refractivity contribution in [1.29, 1.82) is 0 Å². The van der Waals surface area contributed by atoms with Crippen molar-refractivity contribution in [3.05, 3.63) is 40.9 Å². The molecule has 0 unspecified atom stereocenters. The number of carbonyl (C=O) groups excluding carboxylic acids is 1. The van der Waals surface area contributed by atoms with Gasteiger partial charge in [0, 0.05) is 24.8 Å². The first kappa shape index (κ1) is 16.0. The van der Waals surface area contributed by atoms with Gasteiger partial charge in [-0.15, -0.1) is 0 Å². The number of nitrogens with one attached hydrogen (secondary N) is 1. The molecule has 0 radical (unpaired) electrons. The Bertz CT molecular complexity index is 665. The van der Waals surface area contributed by atoms with Gasteiger partial charge in [-0.25, -0.2) is 10.4 Å². The number of benzene rings is 1. The van der Waals surface area contributed by atoms with E-state index in [1.165, 1.54) is 23.5 Å².